The normalized spacial score (nSPS) is 19.2. The van der Waals surface area contributed by atoms with Crippen molar-refractivity contribution in [3.8, 4) is 0 Å². The maximum atomic E-state index is 12.7. The second-order valence-corrected chi connectivity index (χ2v) is 9.27. The van der Waals surface area contributed by atoms with Crippen LogP contribution in [-0.2, 0) is 22.4 Å². The Morgan fingerprint density at radius 3 is 2.67 bits per heavy atom. The SMILES string of the molecule is CCOC(=O)c1c(NC(=O)CN2CCCCC2)sc2c1CCC(c1ccccc1)C2. The summed E-state index contributed by atoms with van der Waals surface area (Å²) in [4.78, 5) is 28.9. The number of esters is 1. The van der Waals surface area contributed by atoms with E-state index in [2.05, 4.69) is 34.5 Å². The highest BCUT2D eigenvalue weighted by Crippen LogP contribution is 2.42. The summed E-state index contributed by atoms with van der Waals surface area (Å²) in [6.45, 7) is 4.47. The van der Waals surface area contributed by atoms with Crippen LogP contribution in [0.15, 0.2) is 30.3 Å². The van der Waals surface area contributed by atoms with E-state index in [1.54, 1.807) is 11.3 Å². The van der Waals surface area contributed by atoms with E-state index in [-0.39, 0.29) is 11.9 Å². The van der Waals surface area contributed by atoms with Gasteiger partial charge in [0.15, 0.2) is 0 Å². The van der Waals surface area contributed by atoms with E-state index < -0.39 is 0 Å². The van der Waals surface area contributed by atoms with Gasteiger partial charge in [-0.3, -0.25) is 9.69 Å². The van der Waals surface area contributed by atoms with E-state index in [9.17, 15) is 9.59 Å². The first-order chi connectivity index (χ1) is 14.7. The number of hydrogen-bond donors (Lipinski definition) is 1. The highest BCUT2D eigenvalue weighted by atomic mass is 32.1. The molecule has 0 bridgehead atoms. The Labute approximate surface area is 182 Å². The molecule has 1 unspecified atom stereocenters. The maximum absolute atomic E-state index is 12.7. The number of nitrogens with one attached hydrogen (secondary N) is 1. The van der Waals surface area contributed by atoms with Crippen LogP contribution in [0.2, 0.25) is 0 Å². The fraction of sp³-hybridized carbons (Fsp3) is 0.500. The average molecular weight is 427 g/mol. The van der Waals surface area contributed by atoms with E-state index >= 15 is 0 Å². The molecule has 2 heterocycles. The lowest BCUT2D eigenvalue weighted by Gasteiger charge is -2.25. The van der Waals surface area contributed by atoms with Crippen LogP contribution >= 0.6 is 11.3 Å². The molecular weight excluding hydrogens is 396 g/mol. The van der Waals surface area contributed by atoms with Gasteiger partial charge in [0.05, 0.1) is 18.7 Å². The van der Waals surface area contributed by atoms with Gasteiger partial charge in [0.1, 0.15) is 5.00 Å². The minimum absolute atomic E-state index is 0.0411. The van der Waals surface area contributed by atoms with Crippen molar-refractivity contribution in [2.24, 2.45) is 0 Å². The summed E-state index contributed by atoms with van der Waals surface area (Å²) >= 11 is 1.55. The van der Waals surface area contributed by atoms with Crippen molar-refractivity contribution in [2.75, 3.05) is 31.6 Å². The Balaban J connectivity index is 1.54. The van der Waals surface area contributed by atoms with Crippen LogP contribution in [0.25, 0.3) is 0 Å². The summed E-state index contributed by atoms with van der Waals surface area (Å²) in [5.74, 6) is 0.0892. The van der Waals surface area contributed by atoms with Crippen molar-refractivity contribution in [3.63, 3.8) is 0 Å². The number of thiophene rings is 1. The van der Waals surface area contributed by atoms with Crippen molar-refractivity contribution in [2.45, 2.75) is 51.4 Å². The Kier molecular flexibility index (Phi) is 6.85. The summed E-state index contributed by atoms with van der Waals surface area (Å²) in [6, 6.07) is 10.6. The molecule has 1 aromatic carbocycles. The molecular formula is C24H30N2O3S. The molecule has 1 fully saturated rings. The summed E-state index contributed by atoms with van der Waals surface area (Å²) in [6.07, 6.45) is 6.28. The smallest absolute Gasteiger partial charge is 0.341 e. The largest absolute Gasteiger partial charge is 0.462 e. The van der Waals surface area contributed by atoms with E-state index in [1.807, 2.05) is 13.0 Å². The van der Waals surface area contributed by atoms with Gasteiger partial charge in [-0.15, -0.1) is 11.3 Å². The van der Waals surface area contributed by atoms with Gasteiger partial charge in [0, 0.05) is 4.88 Å². The molecule has 1 saturated heterocycles. The van der Waals surface area contributed by atoms with Gasteiger partial charge in [-0.25, -0.2) is 4.79 Å². The number of amides is 1. The number of piperidine rings is 1. The van der Waals surface area contributed by atoms with Crippen LogP contribution in [0.5, 0.6) is 0 Å². The number of ether oxygens (including phenoxy) is 1. The van der Waals surface area contributed by atoms with E-state index in [0.717, 1.165) is 50.8 Å². The predicted octanol–water partition coefficient (Wildman–Crippen LogP) is 4.62. The lowest BCUT2D eigenvalue weighted by molar-refractivity contribution is -0.117. The quantitative estimate of drug-likeness (QED) is 0.685. The lowest BCUT2D eigenvalue weighted by atomic mass is 9.83. The minimum atomic E-state index is -0.318. The maximum Gasteiger partial charge on any atom is 0.341 e. The number of hydrogen-bond acceptors (Lipinski definition) is 5. The minimum Gasteiger partial charge on any atom is -0.462 e. The van der Waals surface area contributed by atoms with Crippen molar-refractivity contribution >= 4 is 28.2 Å². The summed E-state index contributed by atoms with van der Waals surface area (Å²) in [5.41, 5.74) is 2.99. The van der Waals surface area contributed by atoms with Crippen LogP contribution in [-0.4, -0.2) is 43.0 Å². The monoisotopic (exact) mass is 426 g/mol. The summed E-state index contributed by atoms with van der Waals surface area (Å²) in [7, 11) is 0. The standard InChI is InChI=1S/C24H30N2O3S/c1-2-29-24(28)22-19-12-11-18(17-9-5-3-6-10-17)15-20(19)30-23(22)25-21(27)16-26-13-7-4-8-14-26/h3,5-6,9-10,18H,2,4,7-8,11-16H2,1H3,(H,25,27). The first-order valence-electron chi connectivity index (χ1n) is 11.0. The lowest BCUT2D eigenvalue weighted by Crippen LogP contribution is -2.36. The molecule has 1 aliphatic carbocycles. The van der Waals surface area contributed by atoms with E-state index in [4.69, 9.17) is 4.74 Å². The Bertz CT molecular complexity index is 887. The second-order valence-electron chi connectivity index (χ2n) is 8.16. The Morgan fingerprint density at radius 2 is 1.93 bits per heavy atom. The zero-order valence-electron chi connectivity index (χ0n) is 17.6. The average Bonchev–Trinajstić information content (AvgIpc) is 3.12. The van der Waals surface area contributed by atoms with Crippen LogP contribution in [0.3, 0.4) is 0 Å². The van der Waals surface area contributed by atoms with Crippen molar-refractivity contribution in [3.05, 3.63) is 51.9 Å². The fourth-order valence-electron chi connectivity index (χ4n) is 4.59. The van der Waals surface area contributed by atoms with Crippen LogP contribution in [0.4, 0.5) is 5.00 Å². The molecule has 30 heavy (non-hydrogen) atoms. The van der Waals surface area contributed by atoms with Crippen molar-refractivity contribution < 1.29 is 14.3 Å². The molecule has 1 atom stereocenters. The number of rotatable bonds is 6. The van der Waals surface area contributed by atoms with Crippen LogP contribution in [0, 0.1) is 0 Å². The van der Waals surface area contributed by atoms with Gasteiger partial charge >= 0.3 is 5.97 Å². The zero-order valence-corrected chi connectivity index (χ0v) is 18.4. The highest BCUT2D eigenvalue weighted by molar-refractivity contribution is 7.17. The Morgan fingerprint density at radius 1 is 1.17 bits per heavy atom. The predicted molar refractivity (Wildman–Crippen MR) is 120 cm³/mol. The molecule has 0 radical (unpaired) electrons. The van der Waals surface area contributed by atoms with Crippen LogP contribution in [0.1, 0.15) is 64.9 Å². The topological polar surface area (TPSA) is 58.6 Å². The molecule has 1 amide bonds. The van der Waals surface area contributed by atoms with Gasteiger partial charge in [0.25, 0.3) is 0 Å². The van der Waals surface area contributed by atoms with Crippen LogP contribution < -0.4 is 5.32 Å². The fourth-order valence-corrected chi connectivity index (χ4v) is 5.92. The van der Waals surface area contributed by atoms with E-state index in [0.29, 0.717) is 29.6 Å². The number of fused-ring (bicyclic) bond motifs is 1. The van der Waals surface area contributed by atoms with Crippen molar-refractivity contribution in [1.82, 2.24) is 4.90 Å². The number of anilines is 1. The van der Waals surface area contributed by atoms with Crippen molar-refractivity contribution in [1.29, 1.82) is 0 Å². The number of carbonyl (C=O) groups is 2. The molecule has 5 nitrogen and oxygen atoms in total. The summed E-state index contributed by atoms with van der Waals surface area (Å²) in [5, 5.41) is 3.71. The third-order valence-electron chi connectivity index (χ3n) is 6.08. The van der Waals surface area contributed by atoms with Gasteiger partial charge in [-0.1, -0.05) is 36.8 Å². The number of nitrogens with zero attached hydrogens (tertiary/aromatic N) is 1. The molecule has 4 rings (SSSR count). The zero-order chi connectivity index (χ0) is 20.9. The molecule has 2 aromatic rings. The Hall–Kier alpha value is -2.18. The van der Waals surface area contributed by atoms with Gasteiger partial charge < -0.3 is 10.1 Å². The molecule has 160 valence electrons. The molecule has 1 N–H and O–H groups in total. The molecule has 0 saturated carbocycles. The second kappa shape index (κ2) is 9.75. The molecule has 2 aliphatic rings. The third-order valence-corrected chi connectivity index (χ3v) is 7.25. The van der Waals surface area contributed by atoms with Gasteiger partial charge in [0.2, 0.25) is 5.91 Å². The van der Waals surface area contributed by atoms with Gasteiger partial charge in [-0.05, 0) is 69.2 Å². The van der Waals surface area contributed by atoms with E-state index in [1.165, 1.54) is 16.9 Å². The number of likely N-dealkylation sites (tertiary alicyclic amines) is 1. The first kappa shape index (κ1) is 21.1. The third kappa shape index (κ3) is 4.76. The molecule has 1 aliphatic heterocycles. The first-order valence-corrected chi connectivity index (χ1v) is 11.9. The highest BCUT2D eigenvalue weighted by Gasteiger charge is 2.31. The summed E-state index contributed by atoms with van der Waals surface area (Å²) < 4.78 is 5.34. The molecule has 6 heteroatoms. The molecule has 0 spiro atoms. The number of benzene rings is 1. The van der Waals surface area contributed by atoms with Gasteiger partial charge in [-0.2, -0.15) is 0 Å². The molecule has 1 aromatic heterocycles. The number of carbonyl (C=O) groups excluding carboxylic acids is 2.